The SMILES string of the molecule is Cc1ccc(C(=O)N2CCC(c3ccc(C(F)(F)F)cc3)CC2)cc1NC(=O)CN1CCC(O)CC1. The molecule has 6 nitrogen and oxygen atoms in total. The number of carbonyl (C=O) groups excluding carboxylic acids is 2. The van der Waals surface area contributed by atoms with E-state index in [0.717, 1.165) is 23.3 Å². The van der Waals surface area contributed by atoms with E-state index in [2.05, 4.69) is 5.32 Å². The molecule has 0 aromatic heterocycles. The van der Waals surface area contributed by atoms with Crippen LogP contribution in [-0.4, -0.2) is 65.5 Å². The smallest absolute Gasteiger partial charge is 0.393 e. The quantitative estimate of drug-likeness (QED) is 0.633. The van der Waals surface area contributed by atoms with E-state index in [9.17, 15) is 27.9 Å². The van der Waals surface area contributed by atoms with Crippen LogP contribution in [0.3, 0.4) is 0 Å². The summed E-state index contributed by atoms with van der Waals surface area (Å²) in [6.07, 6.45) is -1.97. The van der Waals surface area contributed by atoms with Crippen molar-refractivity contribution in [1.82, 2.24) is 9.80 Å². The summed E-state index contributed by atoms with van der Waals surface area (Å²) in [5, 5.41) is 12.5. The van der Waals surface area contributed by atoms with Gasteiger partial charge in [-0.2, -0.15) is 13.2 Å². The third kappa shape index (κ3) is 6.44. The summed E-state index contributed by atoms with van der Waals surface area (Å²) >= 11 is 0. The first-order valence-electron chi connectivity index (χ1n) is 12.4. The Morgan fingerprint density at radius 3 is 2.22 bits per heavy atom. The minimum atomic E-state index is -4.35. The lowest BCUT2D eigenvalue weighted by molar-refractivity contribution is -0.137. The molecule has 0 radical (unpaired) electrons. The molecule has 0 bridgehead atoms. The number of piperidine rings is 2. The second-order valence-electron chi connectivity index (χ2n) is 9.77. The van der Waals surface area contributed by atoms with Crippen molar-refractivity contribution in [2.24, 2.45) is 0 Å². The van der Waals surface area contributed by atoms with E-state index in [1.165, 1.54) is 12.1 Å². The molecular weight excluding hydrogens is 471 g/mol. The number of likely N-dealkylation sites (tertiary alicyclic amines) is 2. The van der Waals surface area contributed by atoms with E-state index >= 15 is 0 Å². The minimum absolute atomic E-state index is 0.111. The average molecular weight is 504 g/mol. The molecule has 2 amide bonds. The normalized spacial score (nSPS) is 18.3. The van der Waals surface area contributed by atoms with Crippen molar-refractivity contribution in [3.05, 3.63) is 64.7 Å². The number of hydrogen-bond donors (Lipinski definition) is 2. The van der Waals surface area contributed by atoms with Gasteiger partial charge >= 0.3 is 6.18 Å². The topological polar surface area (TPSA) is 72.9 Å². The first-order chi connectivity index (χ1) is 17.1. The maximum Gasteiger partial charge on any atom is 0.416 e. The van der Waals surface area contributed by atoms with Gasteiger partial charge in [-0.3, -0.25) is 14.5 Å². The summed E-state index contributed by atoms with van der Waals surface area (Å²) < 4.78 is 38.5. The van der Waals surface area contributed by atoms with Crippen LogP contribution in [0.25, 0.3) is 0 Å². The molecule has 0 aliphatic carbocycles. The van der Waals surface area contributed by atoms with Crippen molar-refractivity contribution in [1.29, 1.82) is 0 Å². The van der Waals surface area contributed by atoms with Crippen molar-refractivity contribution in [3.63, 3.8) is 0 Å². The first kappa shape index (κ1) is 26.2. The van der Waals surface area contributed by atoms with Crippen molar-refractivity contribution in [2.75, 3.05) is 38.0 Å². The number of anilines is 1. The fraction of sp³-hybridized carbons (Fsp3) is 0.481. The van der Waals surface area contributed by atoms with E-state index in [1.54, 1.807) is 17.0 Å². The van der Waals surface area contributed by atoms with Crippen molar-refractivity contribution in [2.45, 2.75) is 50.8 Å². The molecule has 2 aromatic carbocycles. The Morgan fingerprint density at radius 1 is 0.972 bits per heavy atom. The van der Waals surface area contributed by atoms with Gasteiger partial charge in [0.05, 0.1) is 18.2 Å². The monoisotopic (exact) mass is 503 g/mol. The van der Waals surface area contributed by atoms with Gasteiger partial charge in [0, 0.05) is 37.4 Å². The molecule has 2 fully saturated rings. The lowest BCUT2D eigenvalue weighted by atomic mass is 9.88. The maximum atomic E-state index is 13.2. The second kappa shape index (κ2) is 11.0. The van der Waals surface area contributed by atoms with Crippen LogP contribution in [0.5, 0.6) is 0 Å². The summed E-state index contributed by atoms with van der Waals surface area (Å²) in [5.41, 5.74) is 2.15. The number of benzene rings is 2. The van der Waals surface area contributed by atoms with Crippen LogP contribution in [0.4, 0.5) is 18.9 Å². The standard InChI is InChI=1S/C27H32F3N3O3/c1-18-2-3-21(16-24(18)31-25(35)17-32-12-10-23(34)11-13-32)26(36)33-14-8-20(9-15-33)19-4-6-22(7-5-19)27(28,29)30/h2-7,16,20,23,34H,8-15,17H2,1H3,(H,31,35). The zero-order valence-corrected chi connectivity index (χ0v) is 20.4. The molecule has 36 heavy (non-hydrogen) atoms. The number of aliphatic hydroxyl groups is 1. The van der Waals surface area contributed by atoms with E-state index in [0.29, 0.717) is 63.1 Å². The number of alkyl halides is 3. The molecule has 2 aromatic rings. The Hall–Kier alpha value is -2.91. The lowest BCUT2D eigenvalue weighted by Crippen LogP contribution is -2.40. The molecule has 0 unspecified atom stereocenters. The highest BCUT2D eigenvalue weighted by Crippen LogP contribution is 2.33. The van der Waals surface area contributed by atoms with Gasteiger partial charge in [0.1, 0.15) is 0 Å². The van der Waals surface area contributed by atoms with E-state index < -0.39 is 11.7 Å². The Bertz CT molecular complexity index is 1070. The number of nitrogens with zero attached hydrogens (tertiary/aromatic N) is 2. The number of hydrogen-bond acceptors (Lipinski definition) is 4. The Labute approximate surface area is 209 Å². The molecular formula is C27H32F3N3O3. The number of carbonyl (C=O) groups is 2. The van der Waals surface area contributed by atoms with Gasteiger partial charge in [-0.25, -0.2) is 0 Å². The molecule has 2 N–H and O–H groups in total. The molecule has 2 heterocycles. The molecule has 2 aliphatic rings. The summed E-state index contributed by atoms with van der Waals surface area (Å²) in [7, 11) is 0. The average Bonchev–Trinajstić information content (AvgIpc) is 2.86. The summed E-state index contributed by atoms with van der Waals surface area (Å²) in [6, 6.07) is 10.6. The van der Waals surface area contributed by atoms with Crippen LogP contribution in [-0.2, 0) is 11.0 Å². The van der Waals surface area contributed by atoms with Gasteiger partial charge in [-0.05, 0) is 73.9 Å². The fourth-order valence-electron chi connectivity index (χ4n) is 4.90. The Morgan fingerprint density at radius 2 is 1.61 bits per heavy atom. The highest BCUT2D eigenvalue weighted by atomic mass is 19.4. The molecule has 9 heteroatoms. The maximum absolute atomic E-state index is 13.2. The molecule has 0 saturated carbocycles. The number of nitrogens with one attached hydrogen (secondary N) is 1. The van der Waals surface area contributed by atoms with E-state index in [-0.39, 0.29) is 30.4 Å². The van der Waals surface area contributed by atoms with Gasteiger partial charge in [0.15, 0.2) is 0 Å². The minimum Gasteiger partial charge on any atom is -0.393 e. The van der Waals surface area contributed by atoms with E-state index in [1.807, 2.05) is 17.9 Å². The van der Waals surface area contributed by atoms with Gasteiger partial charge in [0.2, 0.25) is 5.91 Å². The highest BCUT2D eigenvalue weighted by Gasteiger charge is 2.31. The fourth-order valence-corrected chi connectivity index (χ4v) is 4.90. The van der Waals surface area contributed by atoms with Gasteiger partial charge in [0.25, 0.3) is 5.91 Å². The summed E-state index contributed by atoms with van der Waals surface area (Å²) in [5.74, 6) is -0.169. The van der Waals surface area contributed by atoms with Crippen LogP contribution in [0, 0.1) is 6.92 Å². The number of amides is 2. The second-order valence-corrected chi connectivity index (χ2v) is 9.77. The number of aliphatic hydroxyl groups excluding tert-OH is 1. The number of aryl methyl sites for hydroxylation is 1. The zero-order valence-electron chi connectivity index (χ0n) is 20.4. The summed E-state index contributed by atoms with van der Waals surface area (Å²) in [4.78, 5) is 29.5. The molecule has 0 spiro atoms. The van der Waals surface area contributed by atoms with E-state index in [4.69, 9.17) is 0 Å². The Balaban J connectivity index is 1.33. The molecule has 194 valence electrons. The van der Waals surface area contributed by atoms with Crippen molar-refractivity contribution < 1.29 is 27.9 Å². The first-order valence-corrected chi connectivity index (χ1v) is 12.4. The van der Waals surface area contributed by atoms with Crippen LogP contribution in [0.1, 0.15) is 58.6 Å². The van der Waals surface area contributed by atoms with Gasteiger partial charge < -0.3 is 15.3 Å². The molecule has 0 atom stereocenters. The highest BCUT2D eigenvalue weighted by molar-refractivity contribution is 5.98. The lowest BCUT2D eigenvalue weighted by Gasteiger charge is -2.32. The molecule has 4 rings (SSSR count). The van der Waals surface area contributed by atoms with Crippen LogP contribution in [0.2, 0.25) is 0 Å². The predicted molar refractivity (Wildman–Crippen MR) is 131 cm³/mol. The predicted octanol–water partition coefficient (Wildman–Crippen LogP) is 4.43. The van der Waals surface area contributed by atoms with Gasteiger partial charge in [-0.15, -0.1) is 0 Å². The Kier molecular flexibility index (Phi) is 8.00. The van der Waals surface area contributed by atoms with Crippen molar-refractivity contribution in [3.8, 4) is 0 Å². The van der Waals surface area contributed by atoms with Crippen LogP contribution in [0.15, 0.2) is 42.5 Å². The van der Waals surface area contributed by atoms with Crippen molar-refractivity contribution >= 4 is 17.5 Å². The number of halogens is 3. The third-order valence-electron chi connectivity index (χ3n) is 7.17. The summed E-state index contributed by atoms with van der Waals surface area (Å²) in [6.45, 7) is 4.49. The molecule has 2 aliphatic heterocycles. The largest absolute Gasteiger partial charge is 0.416 e. The third-order valence-corrected chi connectivity index (χ3v) is 7.17. The number of rotatable bonds is 5. The van der Waals surface area contributed by atoms with Crippen LogP contribution < -0.4 is 5.32 Å². The molecule has 2 saturated heterocycles. The van der Waals surface area contributed by atoms with Crippen LogP contribution >= 0.6 is 0 Å². The van der Waals surface area contributed by atoms with Gasteiger partial charge in [-0.1, -0.05) is 18.2 Å². The zero-order chi connectivity index (χ0) is 25.9.